The third-order valence-corrected chi connectivity index (χ3v) is 3.74. The van der Waals surface area contributed by atoms with Gasteiger partial charge in [-0.15, -0.1) is 0 Å². The molecule has 0 bridgehead atoms. The number of carbonyl (C=O) groups excluding carboxylic acids is 1. The van der Waals surface area contributed by atoms with Crippen molar-refractivity contribution in [3.63, 3.8) is 0 Å². The van der Waals surface area contributed by atoms with E-state index in [1.54, 1.807) is 0 Å². The van der Waals surface area contributed by atoms with Crippen LogP contribution in [0.3, 0.4) is 0 Å². The zero-order valence-electron chi connectivity index (χ0n) is 14.6. The van der Waals surface area contributed by atoms with Crippen LogP contribution in [0.5, 0.6) is 5.75 Å². The van der Waals surface area contributed by atoms with E-state index in [0.717, 1.165) is 17.0 Å². The van der Waals surface area contributed by atoms with E-state index in [9.17, 15) is 4.79 Å². The Kier molecular flexibility index (Phi) is 5.98. The van der Waals surface area contributed by atoms with Gasteiger partial charge in [0.2, 0.25) is 17.6 Å². The third kappa shape index (κ3) is 4.92. The average molecular weight is 351 g/mol. The number of benzene rings is 2. The van der Waals surface area contributed by atoms with Crippen molar-refractivity contribution in [1.82, 2.24) is 10.1 Å². The zero-order chi connectivity index (χ0) is 18.2. The lowest BCUT2D eigenvalue weighted by Crippen LogP contribution is -2.11. The molecule has 0 radical (unpaired) electrons. The van der Waals surface area contributed by atoms with Crippen molar-refractivity contribution in [1.29, 1.82) is 0 Å². The van der Waals surface area contributed by atoms with E-state index in [1.807, 2.05) is 61.5 Å². The normalized spacial score (nSPS) is 10.5. The predicted octanol–water partition coefficient (Wildman–Crippen LogP) is 4.10. The van der Waals surface area contributed by atoms with E-state index in [2.05, 4.69) is 15.5 Å². The van der Waals surface area contributed by atoms with Crippen LogP contribution in [0.1, 0.15) is 25.7 Å². The third-order valence-electron chi connectivity index (χ3n) is 3.74. The van der Waals surface area contributed by atoms with Gasteiger partial charge in [-0.25, -0.2) is 0 Å². The summed E-state index contributed by atoms with van der Waals surface area (Å²) in [7, 11) is 0. The molecule has 6 heteroatoms. The highest BCUT2D eigenvalue weighted by atomic mass is 16.5. The minimum Gasteiger partial charge on any atom is -0.494 e. The molecule has 6 nitrogen and oxygen atoms in total. The molecule has 1 N–H and O–H groups in total. The number of ether oxygens (including phenoxy) is 1. The monoisotopic (exact) mass is 351 g/mol. The average Bonchev–Trinajstić information content (AvgIpc) is 3.13. The quantitative estimate of drug-likeness (QED) is 0.661. The second kappa shape index (κ2) is 8.80. The molecule has 0 aliphatic heterocycles. The number of aromatic nitrogens is 2. The first-order chi connectivity index (χ1) is 12.7. The number of hydrogen-bond donors (Lipinski definition) is 1. The number of rotatable bonds is 8. The topological polar surface area (TPSA) is 77.2 Å². The fourth-order valence-electron chi connectivity index (χ4n) is 2.49. The van der Waals surface area contributed by atoms with Crippen molar-refractivity contribution in [2.24, 2.45) is 0 Å². The largest absolute Gasteiger partial charge is 0.494 e. The molecule has 26 heavy (non-hydrogen) atoms. The minimum atomic E-state index is -0.0445. The highest BCUT2D eigenvalue weighted by Crippen LogP contribution is 2.17. The molecule has 3 aromatic rings. The molecule has 1 aromatic heterocycles. The summed E-state index contributed by atoms with van der Waals surface area (Å²) in [6, 6.07) is 17.0. The lowest BCUT2D eigenvalue weighted by Gasteiger charge is -2.06. The molecule has 0 spiro atoms. The van der Waals surface area contributed by atoms with Gasteiger partial charge in [-0.2, -0.15) is 4.98 Å². The molecular weight excluding hydrogens is 330 g/mol. The van der Waals surface area contributed by atoms with Crippen LogP contribution in [0.2, 0.25) is 0 Å². The number of amides is 1. The van der Waals surface area contributed by atoms with Crippen molar-refractivity contribution < 1.29 is 14.1 Å². The Balaban J connectivity index is 1.44. The van der Waals surface area contributed by atoms with Gasteiger partial charge in [0.1, 0.15) is 5.75 Å². The van der Waals surface area contributed by atoms with Crippen molar-refractivity contribution in [3.05, 3.63) is 60.5 Å². The van der Waals surface area contributed by atoms with Gasteiger partial charge in [0, 0.05) is 24.1 Å². The van der Waals surface area contributed by atoms with Gasteiger partial charge in [-0.05, 0) is 37.6 Å². The summed E-state index contributed by atoms with van der Waals surface area (Å²) >= 11 is 0. The molecule has 3 rings (SSSR count). The van der Waals surface area contributed by atoms with Crippen LogP contribution >= 0.6 is 0 Å². The fraction of sp³-hybridized carbons (Fsp3) is 0.250. The van der Waals surface area contributed by atoms with E-state index >= 15 is 0 Å². The fourth-order valence-corrected chi connectivity index (χ4v) is 2.49. The summed E-state index contributed by atoms with van der Waals surface area (Å²) in [5, 5.41) is 6.84. The van der Waals surface area contributed by atoms with Crippen LogP contribution in [-0.4, -0.2) is 22.7 Å². The first kappa shape index (κ1) is 17.7. The maximum absolute atomic E-state index is 12.0. The molecule has 0 unspecified atom stereocenters. The Hall–Kier alpha value is -3.15. The van der Waals surface area contributed by atoms with Crippen LogP contribution in [0.25, 0.3) is 11.4 Å². The molecule has 0 saturated carbocycles. The number of aryl methyl sites for hydroxylation is 1. The van der Waals surface area contributed by atoms with Crippen molar-refractivity contribution in [3.8, 4) is 17.1 Å². The maximum Gasteiger partial charge on any atom is 0.226 e. The summed E-state index contributed by atoms with van der Waals surface area (Å²) in [4.78, 5) is 16.4. The molecule has 0 aliphatic rings. The molecule has 0 aliphatic carbocycles. The number of nitrogens with one attached hydrogen (secondary N) is 1. The Morgan fingerprint density at radius 2 is 1.88 bits per heavy atom. The Bertz CT molecular complexity index is 829. The lowest BCUT2D eigenvalue weighted by molar-refractivity contribution is -0.116. The van der Waals surface area contributed by atoms with Gasteiger partial charge in [0.25, 0.3) is 0 Å². The molecule has 0 atom stereocenters. The molecule has 2 aromatic carbocycles. The maximum atomic E-state index is 12.0. The van der Waals surface area contributed by atoms with Crippen molar-refractivity contribution in [2.75, 3.05) is 11.9 Å². The Morgan fingerprint density at radius 1 is 1.12 bits per heavy atom. The van der Waals surface area contributed by atoms with Crippen LogP contribution in [0.15, 0.2) is 59.1 Å². The van der Waals surface area contributed by atoms with Crippen molar-refractivity contribution in [2.45, 2.75) is 26.2 Å². The molecule has 0 saturated heterocycles. The van der Waals surface area contributed by atoms with Crippen molar-refractivity contribution >= 4 is 11.6 Å². The molecular formula is C20H21N3O3. The van der Waals surface area contributed by atoms with Crippen LogP contribution < -0.4 is 10.1 Å². The highest BCUT2D eigenvalue weighted by Gasteiger charge is 2.09. The van der Waals surface area contributed by atoms with E-state index in [1.165, 1.54) is 0 Å². The van der Waals surface area contributed by atoms with Gasteiger partial charge in [0.05, 0.1) is 6.61 Å². The Morgan fingerprint density at radius 3 is 2.62 bits per heavy atom. The van der Waals surface area contributed by atoms with E-state index in [0.29, 0.717) is 37.6 Å². The SMILES string of the molecule is CCOc1ccc(NC(=O)CCCc2nc(-c3ccccc3)no2)cc1. The number of hydrogen-bond acceptors (Lipinski definition) is 5. The van der Waals surface area contributed by atoms with Crippen LogP contribution in [0.4, 0.5) is 5.69 Å². The van der Waals surface area contributed by atoms with Gasteiger partial charge < -0.3 is 14.6 Å². The first-order valence-electron chi connectivity index (χ1n) is 8.65. The number of nitrogens with zero attached hydrogens (tertiary/aromatic N) is 2. The van der Waals surface area contributed by atoms with Gasteiger partial charge in [0.15, 0.2) is 0 Å². The first-order valence-corrected chi connectivity index (χ1v) is 8.65. The number of carbonyl (C=O) groups is 1. The molecule has 0 fully saturated rings. The second-order valence-corrected chi connectivity index (χ2v) is 5.74. The minimum absolute atomic E-state index is 0.0445. The summed E-state index contributed by atoms with van der Waals surface area (Å²) in [6.07, 6.45) is 1.59. The summed E-state index contributed by atoms with van der Waals surface area (Å²) in [6.45, 7) is 2.55. The van der Waals surface area contributed by atoms with E-state index in [-0.39, 0.29) is 5.91 Å². The van der Waals surface area contributed by atoms with E-state index < -0.39 is 0 Å². The lowest BCUT2D eigenvalue weighted by atomic mass is 10.2. The van der Waals surface area contributed by atoms with Gasteiger partial charge in [-0.1, -0.05) is 35.5 Å². The Labute approximate surface area is 152 Å². The second-order valence-electron chi connectivity index (χ2n) is 5.74. The van der Waals surface area contributed by atoms with Crippen LogP contribution in [0, 0.1) is 0 Å². The van der Waals surface area contributed by atoms with Crippen LogP contribution in [-0.2, 0) is 11.2 Å². The highest BCUT2D eigenvalue weighted by molar-refractivity contribution is 5.90. The zero-order valence-corrected chi connectivity index (χ0v) is 14.6. The summed E-state index contributed by atoms with van der Waals surface area (Å²) in [5.41, 5.74) is 1.67. The van der Waals surface area contributed by atoms with Gasteiger partial charge in [-0.3, -0.25) is 4.79 Å². The standard InChI is InChI=1S/C20H21N3O3/c1-2-25-17-13-11-16(12-14-17)21-18(24)9-6-10-19-22-20(23-26-19)15-7-4-3-5-8-15/h3-5,7-8,11-14H,2,6,9-10H2,1H3,(H,21,24). The number of anilines is 1. The molecule has 1 heterocycles. The van der Waals surface area contributed by atoms with Gasteiger partial charge >= 0.3 is 0 Å². The molecule has 1 amide bonds. The smallest absolute Gasteiger partial charge is 0.226 e. The predicted molar refractivity (Wildman–Crippen MR) is 98.9 cm³/mol. The summed E-state index contributed by atoms with van der Waals surface area (Å²) < 4.78 is 10.6. The molecule has 134 valence electrons. The van der Waals surface area contributed by atoms with E-state index in [4.69, 9.17) is 9.26 Å². The summed E-state index contributed by atoms with van der Waals surface area (Å²) in [5.74, 6) is 1.85.